The summed E-state index contributed by atoms with van der Waals surface area (Å²) < 4.78 is 10.00. The first-order chi connectivity index (χ1) is 8.17. The summed E-state index contributed by atoms with van der Waals surface area (Å²) in [6.45, 7) is 4.14. The molecule has 1 aromatic rings. The lowest BCUT2D eigenvalue weighted by atomic mass is 10.1. The number of benzene rings is 1. The molecule has 90 valence electrons. The van der Waals surface area contributed by atoms with E-state index >= 15 is 0 Å². The van der Waals surface area contributed by atoms with E-state index in [1.54, 1.807) is 14.0 Å². The maximum Gasteiger partial charge on any atom is 0.317 e. The Morgan fingerprint density at radius 2 is 2.18 bits per heavy atom. The van der Waals surface area contributed by atoms with Crippen molar-refractivity contribution in [3.8, 4) is 17.6 Å². The molecule has 0 aliphatic carbocycles. The van der Waals surface area contributed by atoms with Gasteiger partial charge >= 0.3 is 5.97 Å². The van der Waals surface area contributed by atoms with Gasteiger partial charge in [0.25, 0.3) is 0 Å². The molecule has 17 heavy (non-hydrogen) atoms. The number of methoxy groups -OCH3 is 1. The lowest BCUT2D eigenvalue weighted by Crippen LogP contribution is -2.01. The number of esters is 1. The highest BCUT2D eigenvalue weighted by Crippen LogP contribution is 2.18. The summed E-state index contributed by atoms with van der Waals surface area (Å²) in [5, 5.41) is 0. The van der Waals surface area contributed by atoms with Crippen LogP contribution in [0.5, 0.6) is 5.75 Å². The summed E-state index contributed by atoms with van der Waals surface area (Å²) in [4.78, 5) is 11.1. The Labute approximate surface area is 102 Å². The maximum absolute atomic E-state index is 11.1. The van der Waals surface area contributed by atoms with Gasteiger partial charge in [0.1, 0.15) is 12.2 Å². The van der Waals surface area contributed by atoms with Crippen LogP contribution in [0.1, 0.15) is 24.5 Å². The van der Waals surface area contributed by atoms with Crippen molar-refractivity contribution in [2.45, 2.75) is 20.3 Å². The zero-order valence-corrected chi connectivity index (χ0v) is 10.4. The molecule has 1 aromatic carbocycles. The van der Waals surface area contributed by atoms with Gasteiger partial charge in [-0.1, -0.05) is 17.9 Å². The van der Waals surface area contributed by atoms with Crippen LogP contribution in [0.25, 0.3) is 0 Å². The Morgan fingerprint density at radius 1 is 1.41 bits per heavy atom. The van der Waals surface area contributed by atoms with Gasteiger partial charge in [0.15, 0.2) is 0 Å². The van der Waals surface area contributed by atoms with Crippen LogP contribution in [-0.2, 0) is 9.53 Å². The third kappa shape index (κ3) is 4.20. The molecule has 0 aliphatic heterocycles. The molecule has 0 saturated heterocycles. The molecule has 0 fully saturated rings. The molecule has 0 spiro atoms. The Morgan fingerprint density at radius 3 is 2.82 bits per heavy atom. The summed E-state index contributed by atoms with van der Waals surface area (Å²) in [5.41, 5.74) is 1.89. The topological polar surface area (TPSA) is 35.5 Å². The fraction of sp³-hybridized carbons (Fsp3) is 0.357. The van der Waals surface area contributed by atoms with E-state index in [0.29, 0.717) is 6.61 Å². The van der Waals surface area contributed by atoms with Crippen molar-refractivity contribution in [2.24, 2.45) is 0 Å². The largest absolute Gasteiger partial charge is 0.495 e. The van der Waals surface area contributed by atoms with Crippen molar-refractivity contribution >= 4 is 5.97 Å². The van der Waals surface area contributed by atoms with Crippen LogP contribution in [0.4, 0.5) is 0 Å². The number of carbonyl (C=O) groups excluding carboxylic acids is 1. The van der Waals surface area contributed by atoms with Crippen LogP contribution in [0.15, 0.2) is 18.2 Å². The normalized spacial score (nSPS) is 9.12. The molecule has 0 aliphatic rings. The minimum absolute atomic E-state index is 0.102. The van der Waals surface area contributed by atoms with Gasteiger partial charge in [0.05, 0.1) is 19.3 Å². The first-order valence-corrected chi connectivity index (χ1v) is 5.46. The summed E-state index contributed by atoms with van der Waals surface area (Å²) in [7, 11) is 1.60. The molecule has 3 nitrogen and oxygen atoms in total. The van der Waals surface area contributed by atoms with Gasteiger partial charge in [-0.15, -0.1) is 0 Å². The zero-order valence-electron chi connectivity index (χ0n) is 10.4. The standard InChI is InChI=1S/C14H16O3/c1-4-17-14(15)7-5-6-12-9-8-11(2)10-13(12)16-3/h8-10H,4,7H2,1-3H3. The summed E-state index contributed by atoms with van der Waals surface area (Å²) >= 11 is 0. The Hall–Kier alpha value is -1.95. The quantitative estimate of drug-likeness (QED) is 0.592. The van der Waals surface area contributed by atoms with Gasteiger partial charge in [-0.2, -0.15) is 0 Å². The molecule has 0 radical (unpaired) electrons. The van der Waals surface area contributed by atoms with E-state index in [9.17, 15) is 4.79 Å². The first kappa shape index (κ1) is 13.1. The van der Waals surface area contributed by atoms with E-state index in [2.05, 4.69) is 11.8 Å². The number of hydrogen-bond acceptors (Lipinski definition) is 3. The monoisotopic (exact) mass is 232 g/mol. The fourth-order valence-corrected chi connectivity index (χ4v) is 1.33. The van der Waals surface area contributed by atoms with Gasteiger partial charge < -0.3 is 9.47 Å². The Kier molecular flexibility index (Phi) is 5.09. The second kappa shape index (κ2) is 6.59. The number of carbonyl (C=O) groups is 1. The zero-order chi connectivity index (χ0) is 12.7. The summed E-state index contributed by atoms with van der Waals surface area (Å²) in [5.74, 6) is 6.10. The van der Waals surface area contributed by atoms with Crippen molar-refractivity contribution in [3.05, 3.63) is 29.3 Å². The van der Waals surface area contributed by atoms with Crippen molar-refractivity contribution in [1.82, 2.24) is 0 Å². The minimum Gasteiger partial charge on any atom is -0.495 e. The summed E-state index contributed by atoms with van der Waals surface area (Å²) in [6.07, 6.45) is 0.102. The van der Waals surface area contributed by atoms with Crippen LogP contribution >= 0.6 is 0 Å². The molecule has 1 rings (SSSR count). The number of aryl methyl sites for hydroxylation is 1. The van der Waals surface area contributed by atoms with Crippen molar-refractivity contribution in [3.63, 3.8) is 0 Å². The number of ether oxygens (including phenoxy) is 2. The molecule has 0 amide bonds. The van der Waals surface area contributed by atoms with Gasteiger partial charge in [-0.05, 0) is 31.5 Å². The molecule has 0 heterocycles. The predicted molar refractivity (Wildman–Crippen MR) is 65.9 cm³/mol. The third-order valence-corrected chi connectivity index (χ3v) is 2.12. The number of rotatable bonds is 3. The van der Waals surface area contributed by atoms with Gasteiger partial charge in [-0.25, -0.2) is 0 Å². The molecule has 0 saturated carbocycles. The lowest BCUT2D eigenvalue weighted by Gasteiger charge is -2.03. The molecule has 0 bridgehead atoms. The van der Waals surface area contributed by atoms with Crippen molar-refractivity contribution in [2.75, 3.05) is 13.7 Å². The highest BCUT2D eigenvalue weighted by Gasteiger charge is 2.00. The average molecular weight is 232 g/mol. The van der Waals surface area contributed by atoms with Crippen LogP contribution in [-0.4, -0.2) is 19.7 Å². The van der Waals surface area contributed by atoms with Crippen molar-refractivity contribution in [1.29, 1.82) is 0 Å². The van der Waals surface area contributed by atoms with Gasteiger partial charge in [0.2, 0.25) is 0 Å². The fourth-order valence-electron chi connectivity index (χ4n) is 1.33. The minimum atomic E-state index is -0.300. The first-order valence-electron chi connectivity index (χ1n) is 5.46. The highest BCUT2D eigenvalue weighted by molar-refractivity contribution is 5.72. The Balaban J connectivity index is 2.74. The average Bonchev–Trinajstić information content (AvgIpc) is 2.31. The van der Waals surface area contributed by atoms with E-state index in [1.807, 2.05) is 25.1 Å². The van der Waals surface area contributed by atoms with Crippen LogP contribution in [0, 0.1) is 18.8 Å². The Bertz CT molecular complexity index is 452. The van der Waals surface area contributed by atoms with E-state index < -0.39 is 0 Å². The summed E-state index contributed by atoms with van der Waals surface area (Å²) in [6, 6.07) is 5.75. The molecule has 3 heteroatoms. The highest BCUT2D eigenvalue weighted by atomic mass is 16.5. The molecule has 0 aromatic heterocycles. The van der Waals surface area contributed by atoms with Crippen LogP contribution in [0.3, 0.4) is 0 Å². The SMILES string of the molecule is CCOC(=O)CC#Cc1ccc(C)cc1OC. The molecular weight excluding hydrogens is 216 g/mol. The molecule has 0 N–H and O–H groups in total. The van der Waals surface area contributed by atoms with E-state index in [1.165, 1.54) is 0 Å². The third-order valence-electron chi connectivity index (χ3n) is 2.12. The van der Waals surface area contributed by atoms with E-state index in [0.717, 1.165) is 16.9 Å². The van der Waals surface area contributed by atoms with Gasteiger partial charge in [0, 0.05) is 0 Å². The molecular formula is C14H16O3. The second-order valence-electron chi connectivity index (χ2n) is 3.49. The molecule has 0 atom stereocenters. The van der Waals surface area contributed by atoms with E-state index in [4.69, 9.17) is 9.47 Å². The molecule has 0 unspecified atom stereocenters. The van der Waals surface area contributed by atoms with Gasteiger partial charge in [-0.3, -0.25) is 4.79 Å². The van der Waals surface area contributed by atoms with Crippen LogP contribution in [0.2, 0.25) is 0 Å². The van der Waals surface area contributed by atoms with Crippen LogP contribution < -0.4 is 4.74 Å². The maximum atomic E-state index is 11.1. The lowest BCUT2D eigenvalue weighted by molar-refractivity contribution is -0.141. The smallest absolute Gasteiger partial charge is 0.317 e. The second-order valence-corrected chi connectivity index (χ2v) is 3.49. The predicted octanol–water partition coefficient (Wildman–Crippen LogP) is 2.31. The van der Waals surface area contributed by atoms with Crippen molar-refractivity contribution < 1.29 is 14.3 Å². The van der Waals surface area contributed by atoms with E-state index in [-0.39, 0.29) is 12.4 Å². The number of hydrogen-bond donors (Lipinski definition) is 0.